The lowest BCUT2D eigenvalue weighted by molar-refractivity contribution is -0.128. The molecule has 0 unspecified atom stereocenters. The average Bonchev–Trinajstić information content (AvgIpc) is 2.58. The van der Waals surface area contributed by atoms with Crippen LogP contribution in [0, 0.1) is 17.5 Å². The third-order valence-electron chi connectivity index (χ3n) is 3.86. The number of benzene rings is 1. The van der Waals surface area contributed by atoms with E-state index in [1.54, 1.807) is 0 Å². The molecule has 0 bridgehead atoms. The van der Waals surface area contributed by atoms with Crippen molar-refractivity contribution in [1.29, 1.82) is 0 Å². The first-order valence-corrected chi connectivity index (χ1v) is 9.48. The summed E-state index contributed by atoms with van der Waals surface area (Å²) >= 11 is 0. The predicted octanol–water partition coefficient (Wildman–Crippen LogP) is 1.24. The van der Waals surface area contributed by atoms with Crippen molar-refractivity contribution in [2.75, 3.05) is 6.26 Å². The normalized spacial score (nSPS) is 12.6. The van der Waals surface area contributed by atoms with Crippen molar-refractivity contribution in [3.8, 4) is 11.1 Å². The summed E-state index contributed by atoms with van der Waals surface area (Å²) < 4.78 is 64.7. The Labute approximate surface area is 151 Å². The average molecular weight is 404 g/mol. The number of nitrogens with zero attached hydrogens (tertiary/aromatic N) is 1. The van der Waals surface area contributed by atoms with E-state index in [4.69, 9.17) is 5.21 Å². The second-order valence-electron chi connectivity index (χ2n) is 5.78. The number of amides is 1. The Morgan fingerprint density at radius 3 is 2.41 bits per heavy atom. The van der Waals surface area contributed by atoms with Crippen LogP contribution in [0.2, 0.25) is 0 Å². The van der Waals surface area contributed by atoms with Crippen LogP contribution in [0.3, 0.4) is 0 Å². The van der Waals surface area contributed by atoms with Crippen molar-refractivity contribution in [3.05, 3.63) is 58.3 Å². The Balaban J connectivity index is 2.32. The van der Waals surface area contributed by atoms with Crippen molar-refractivity contribution in [2.24, 2.45) is 0 Å². The Morgan fingerprint density at radius 1 is 1.19 bits per heavy atom. The number of rotatable bonds is 6. The number of hydroxylamine groups is 1. The van der Waals surface area contributed by atoms with Crippen molar-refractivity contribution < 1.29 is 31.6 Å². The van der Waals surface area contributed by atoms with Gasteiger partial charge in [0.05, 0.1) is 0 Å². The molecule has 1 amide bonds. The maximum atomic E-state index is 14.3. The van der Waals surface area contributed by atoms with Gasteiger partial charge in [-0.05, 0) is 24.1 Å². The van der Waals surface area contributed by atoms with Crippen LogP contribution in [0.4, 0.5) is 13.2 Å². The van der Waals surface area contributed by atoms with E-state index >= 15 is 0 Å². The molecule has 146 valence electrons. The fraction of sp³-hybridized carbons (Fsp3) is 0.250. The summed E-state index contributed by atoms with van der Waals surface area (Å²) in [6, 6.07) is 3.48. The minimum atomic E-state index is -3.89. The van der Waals surface area contributed by atoms with Gasteiger partial charge in [0.25, 0.3) is 11.5 Å². The number of pyridine rings is 1. The van der Waals surface area contributed by atoms with Gasteiger partial charge < -0.3 is 4.57 Å². The summed E-state index contributed by atoms with van der Waals surface area (Å²) in [5.74, 6) is -4.43. The summed E-state index contributed by atoms with van der Waals surface area (Å²) in [5.41, 5.74) is 0.173. The molecule has 0 radical (unpaired) electrons. The Bertz CT molecular complexity index is 1040. The smallest absolute Gasteiger partial charge is 0.261 e. The number of aromatic nitrogens is 1. The van der Waals surface area contributed by atoms with Crippen LogP contribution in [0.15, 0.2) is 35.3 Å². The molecule has 2 aromatic rings. The number of carbonyl (C=O) groups excluding carboxylic acids is 1. The van der Waals surface area contributed by atoms with Gasteiger partial charge in [-0.25, -0.2) is 27.1 Å². The van der Waals surface area contributed by atoms with Crippen LogP contribution in [0.5, 0.6) is 0 Å². The summed E-state index contributed by atoms with van der Waals surface area (Å²) in [4.78, 5) is 23.6. The van der Waals surface area contributed by atoms with Crippen LogP contribution in [-0.4, -0.2) is 35.6 Å². The molecule has 0 saturated heterocycles. The zero-order valence-electron chi connectivity index (χ0n) is 13.9. The van der Waals surface area contributed by atoms with E-state index in [2.05, 4.69) is 0 Å². The molecule has 0 saturated carbocycles. The minimum absolute atomic E-state index is 0.0516. The zero-order chi connectivity index (χ0) is 20.4. The molecular formula is C16H15F3N2O5S. The number of hydrogen-bond acceptors (Lipinski definition) is 5. The van der Waals surface area contributed by atoms with Gasteiger partial charge in [-0.1, -0.05) is 6.07 Å². The van der Waals surface area contributed by atoms with E-state index < -0.39 is 50.4 Å². The third-order valence-corrected chi connectivity index (χ3v) is 5.34. The van der Waals surface area contributed by atoms with Crippen LogP contribution >= 0.6 is 0 Å². The molecule has 1 aromatic carbocycles. The molecule has 0 fully saturated rings. The van der Waals surface area contributed by atoms with E-state index in [-0.39, 0.29) is 17.7 Å². The summed E-state index contributed by atoms with van der Waals surface area (Å²) in [6.45, 7) is -0.334. The molecule has 1 heterocycles. The van der Waals surface area contributed by atoms with Crippen molar-refractivity contribution in [2.45, 2.75) is 18.2 Å². The van der Waals surface area contributed by atoms with Gasteiger partial charge in [0.1, 0.15) is 11.1 Å². The highest BCUT2D eigenvalue weighted by atomic mass is 32.2. The van der Waals surface area contributed by atoms with Crippen molar-refractivity contribution in [1.82, 2.24) is 10.0 Å². The monoisotopic (exact) mass is 404 g/mol. The summed E-state index contributed by atoms with van der Waals surface area (Å²) in [5, 5.41) is 6.98. The van der Waals surface area contributed by atoms with E-state index in [9.17, 15) is 31.2 Å². The van der Waals surface area contributed by atoms with E-state index in [0.717, 1.165) is 41.3 Å². The van der Waals surface area contributed by atoms with E-state index in [0.29, 0.717) is 0 Å². The summed E-state index contributed by atoms with van der Waals surface area (Å²) in [6.07, 6.45) is 1.16. The molecule has 2 rings (SSSR count). The van der Waals surface area contributed by atoms with Gasteiger partial charge in [-0.15, -0.1) is 0 Å². The highest BCUT2D eigenvalue weighted by Crippen LogP contribution is 2.23. The fourth-order valence-corrected chi connectivity index (χ4v) is 3.45. The number of aryl methyl sites for hydroxylation is 1. The second kappa shape index (κ2) is 7.92. The minimum Gasteiger partial charge on any atom is -0.312 e. The Kier molecular flexibility index (Phi) is 6.06. The Hall–Kier alpha value is -2.66. The quantitative estimate of drug-likeness (QED) is 0.557. The number of hydrogen-bond donors (Lipinski definition) is 2. The fourth-order valence-electron chi connectivity index (χ4n) is 2.47. The lowest BCUT2D eigenvalue weighted by Gasteiger charge is -2.14. The topological polar surface area (TPSA) is 105 Å². The van der Waals surface area contributed by atoms with Crippen molar-refractivity contribution >= 4 is 15.7 Å². The van der Waals surface area contributed by atoms with Gasteiger partial charge in [0.15, 0.2) is 21.5 Å². The van der Waals surface area contributed by atoms with Crippen LogP contribution in [-0.2, 0) is 21.2 Å². The summed E-state index contributed by atoms with van der Waals surface area (Å²) in [7, 11) is -3.89. The highest BCUT2D eigenvalue weighted by Gasteiger charge is 2.28. The third kappa shape index (κ3) is 4.74. The van der Waals surface area contributed by atoms with Gasteiger partial charge in [0.2, 0.25) is 0 Å². The van der Waals surface area contributed by atoms with Gasteiger partial charge >= 0.3 is 0 Å². The van der Waals surface area contributed by atoms with Crippen LogP contribution < -0.4 is 11.0 Å². The largest absolute Gasteiger partial charge is 0.312 e. The molecule has 0 aliphatic rings. The van der Waals surface area contributed by atoms with Crippen LogP contribution in [0.25, 0.3) is 11.1 Å². The molecular weight excluding hydrogens is 389 g/mol. The first-order valence-electron chi connectivity index (χ1n) is 7.53. The first-order chi connectivity index (χ1) is 12.5. The molecule has 0 aliphatic heterocycles. The molecule has 1 atom stereocenters. The highest BCUT2D eigenvalue weighted by molar-refractivity contribution is 7.92. The number of halogens is 3. The number of nitrogens with one attached hydrogen (secondary N) is 1. The van der Waals surface area contributed by atoms with Crippen molar-refractivity contribution in [3.63, 3.8) is 0 Å². The maximum Gasteiger partial charge on any atom is 0.261 e. The lowest BCUT2D eigenvalue weighted by atomic mass is 10.1. The second-order valence-corrected chi connectivity index (χ2v) is 8.01. The molecule has 11 heteroatoms. The van der Waals surface area contributed by atoms with E-state index in [1.165, 1.54) is 5.48 Å². The van der Waals surface area contributed by atoms with Gasteiger partial charge in [0, 0.05) is 30.6 Å². The molecule has 1 aromatic heterocycles. The standard InChI is InChI=1S/C16H15F3N2O5S/c1-27(25,26)14(16(23)20-24)4-5-21-8-13(19)10(7-15(21)22)9-2-3-11(17)12(18)6-9/h2-3,6-8,14,24H,4-5H2,1H3,(H,20,23)/t14-/m1/s1. The lowest BCUT2D eigenvalue weighted by Crippen LogP contribution is -2.39. The number of carbonyl (C=O) groups is 1. The molecule has 0 aliphatic carbocycles. The predicted molar refractivity (Wildman–Crippen MR) is 89.2 cm³/mol. The molecule has 0 spiro atoms. The molecule has 7 nitrogen and oxygen atoms in total. The molecule has 2 N–H and O–H groups in total. The van der Waals surface area contributed by atoms with Gasteiger partial charge in [-0.3, -0.25) is 14.8 Å². The maximum absolute atomic E-state index is 14.3. The zero-order valence-corrected chi connectivity index (χ0v) is 14.8. The first kappa shape index (κ1) is 20.6. The van der Waals surface area contributed by atoms with Gasteiger partial charge in [-0.2, -0.15) is 0 Å². The SMILES string of the molecule is CS(=O)(=O)[C@H](CCn1cc(F)c(-c2ccc(F)c(F)c2)cc1=O)C(=O)NO. The van der Waals surface area contributed by atoms with E-state index in [1.807, 2.05) is 0 Å². The Morgan fingerprint density at radius 2 is 1.85 bits per heavy atom. The molecule has 27 heavy (non-hydrogen) atoms. The van der Waals surface area contributed by atoms with Crippen LogP contribution in [0.1, 0.15) is 6.42 Å². The number of sulfone groups is 1.